The maximum Gasteiger partial charge on any atom is 0.191 e. The molecule has 24 heavy (non-hydrogen) atoms. The zero-order valence-corrected chi connectivity index (χ0v) is 14.5. The van der Waals surface area contributed by atoms with Crippen molar-refractivity contribution in [3.8, 4) is 0 Å². The molecule has 2 N–H and O–H groups in total. The molecule has 0 saturated carbocycles. The molecule has 2 rings (SSSR count). The Morgan fingerprint density at radius 2 is 2.12 bits per heavy atom. The number of nitrogens with one attached hydrogen (secondary N) is 2. The van der Waals surface area contributed by atoms with Crippen LogP contribution in [0.15, 0.2) is 47.7 Å². The second-order valence-corrected chi connectivity index (χ2v) is 5.49. The molecule has 6 nitrogen and oxygen atoms in total. The predicted molar refractivity (Wildman–Crippen MR) is 97.1 cm³/mol. The van der Waals surface area contributed by atoms with E-state index < -0.39 is 0 Å². The summed E-state index contributed by atoms with van der Waals surface area (Å²) in [5.41, 5.74) is 2.42. The molecule has 0 atom stereocenters. The molecule has 0 radical (unpaired) electrons. The van der Waals surface area contributed by atoms with Crippen LogP contribution in [-0.2, 0) is 17.8 Å². The van der Waals surface area contributed by atoms with Crippen molar-refractivity contribution in [2.75, 3.05) is 26.8 Å². The third kappa shape index (κ3) is 6.42. The summed E-state index contributed by atoms with van der Waals surface area (Å²) in [6.45, 7) is 5.93. The van der Waals surface area contributed by atoms with Gasteiger partial charge in [-0.2, -0.15) is 5.10 Å². The van der Waals surface area contributed by atoms with Gasteiger partial charge in [0.25, 0.3) is 0 Å². The smallest absolute Gasteiger partial charge is 0.191 e. The molecule has 1 heterocycles. The molecule has 6 heteroatoms. The number of benzene rings is 1. The summed E-state index contributed by atoms with van der Waals surface area (Å²) in [6.07, 6.45) is 4.73. The quantitative estimate of drug-likeness (QED) is 0.420. The average Bonchev–Trinajstić information content (AvgIpc) is 3.10. The van der Waals surface area contributed by atoms with E-state index in [4.69, 9.17) is 4.74 Å². The maximum atomic E-state index is 5.06. The standard InChI is InChI=1S/C18H27N5O/c1-3-19-18(20-9-6-12-24-2)21-14-16-7-4-8-17(13-16)15-23-11-5-10-22-23/h4-5,7-8,10-11,13H,3,6,9,12,14-15H2,1-2H3,(H2,19,20,21). The summed E-state index contributed by atoms with van der Waals surface area (Å²) < 4.78 is 6.98. The third-order valence-electron chi connectivity index (χ3n) is 3.48. The van der Waals surface area contributed by atoms with Crippen molar-refractivity contribution in [1.29, 1.82) is 0 Å². The van der Waals surface area contributed by atoms with Gasteiger partial charge >= 0.3 is 0 Å². The molecular weight excluding hydrogens is 302 g/mol. The highest BCUT2D eigenvalue weighted by Crippen LogP contribution is 2.08. The van der Waals surface area contributed by atoms with Gasteiger partial charge in [0.05, 0.1) is 13.1 Å². The van der Waals surface area contributed by atoms with Crippen molar-refractivity contribution < 1.29 is 4.74 Å². The number of guanidine groups is 1. The van der Waals surface area contributed by atoms with Gasteiger partial charge in [0.2, 0.25) is 0 Å². The van der Waals surface area contributed by atoms with E-state index in [0.29, 0.717) is 6.54 Å². The van der Waals surface area contributed by atoms with Gasteiger partial charge < -0.3 is 15.4 Å². The van der Waals surface area contributed by atoms with Crippen molar-refractivity contribution in [3.05, 3.63) is 53.9 Å². The summed E-state index contributed by atoms with van der Waals surface area (Å²) in [5, 5.41) is 10.8. The molecule has 0 unspecified atom stereocenters. The van der Waals surface area contributed by atoms with E-state index in [0.717, 1.165) is 38.6 Å². The molecule has 0 aliphatic rings. The van der Waals surface area contributed by atoms with E-state index >= 15 is 0 Å². The van der Waals surface area contributed by atoms with Gasteiger partial charge in [-0.3, -0.25) is 4.68 Å². The lowest BCUT2D eigenvalue weighted by Crippen LogP contribution is -2.38. The van der Waals surface area contributed by atoms with Crippen molar-refractivity contribution in [3.63, 3.8) is 0 Å². The molecule has 0 bridgehead atoms. The lowest BCUT2D eigenvalue weighted by atomic mass is 10.1. The Morgan fingerprint density at radius 1 is 1.25 bits per heavy atom. The van der Waals surface area contributed by atoms with E-state index in [1.54, 1.807) is 13.3 Å². The molecule has 2 aromatic rings. The van der Waals surface area contributed by atoms with Gasteiger partial charge in [0.1, 0.15) is 0 Å². The van der Waals surface area contributed by atoms with Crippen LogP contribution >= 0.6 is 0 Å². The third-order valence-corrected chi connectivity index (χ3v) is 3.48. The number of methoxy groups -OCH3 is 1. The topological polar surface area (TPSA) is 63.5 Å². The molecule has 0 aliphatic heterocycles. The van der Waals surface area contributed by atoms with Crippen LogP contribution in [0.5, 0.6) is 0 Å². The summed E-state index contributed by atoms with van der Waals surface area (Å²) in [6, 6.07) is 10.4. The monoisotopic (exact) mass is 329 g/mol. The highest BCUT2D eigenvalue weighted by molar-refractivity contribution is 5.79. The van der Waals surface area contributed by atoms with Crippen LogP contribution in [0.4, 0.5) is 0 Å². The number of hydrogen-bond acceptors (Lipinski definition) is 3. The number of rotatable bonds is 9. The van der Waals surface area contributed by atoms with E-state index in [2.05, 4.69) is 51.9 Å². The van der Waals surface area contributed by atoms with Crippen LogP contribution in [0, 0.1) is 0 Å². The second-order valence-electron chi connectivity index (χ2n) is 5.49. The summed E-state index contributed by atoms with van der Waals surface area (Å²) >= 11 is 0. The Morgan fingerprint density at radius 3 is 2.88 bits per heavy atom. The Bertz CT molecular complexity index is 610. The van der Waals surface area contributed by atoms with Gasteiger partial charge in [0.15, 0.2) is 5.96 Å². The van der Waals surface area contributed by atoms with Crippen LogP contribution < -0.4 is 10.6 Å². The van der Waals surface area contributed by atoms with E-state index in [1.165, 1.54) is 11.1 Å². The van der Waals surface area contributed by atoms with Crippen molar-refractivity contribution in [2.24, 2.45) is 4.99 Å². The van der Waals surface area contributed by atoms with E-state index in [1.807, 2.05) is 16.9 Å². The van der Waals surface area contributed by atoms with Crippen LogP contribution in [0.2, 0.25) is 0 Å². The number of aliphatic imine (C=N–C) groups is 1. The fraction of sp³-hybridized carbons (Fsp3) is 0.444. The first-order valence-corrected chi connectivity index (χ1v) is 8.38. The Labute approximate surface area is 143 Å². The number of ether oxygens (including phenoxy) is 1. The Kier molecular flexibility index (Phi) is 7.83. The van der Waals surface area contributed by atoms with Crippen LogP contribution in [0.25, 0.3) is 0 Å². The Hall–Kier alpha value is -2.34. The van der Waals surface area contributed by atoms with Crippen molar-refractivity contribution in [1.82, 2.24) is 20.4 Å². The lowest BCUT2D eigenvalue weighted by Gasteiger charge is -2.11. The first kappa shape index (κ1) is 18.0. The van der Waals surface area contributed by atoms with Gasteiger partial charge in [-0.25, -0.2) is 4.99 Å². The van der Waals surface area contributed by atoms with E-state index in [9.17, 15) is 0 Å². The first-order chi connectivity index (χ1) is 11.8. The molecular formula is C18H27N5O. The number of hydrogen-bond donors (Lipinski definition) is 2. The first-order valence-electron chi connectivity index (χ1n) is 8.38. The summed E-state index contributed by atoms with van der Waals surface area (Å²) in [4.78, 5) is 4.65. The predicted octanol–water partition coefficient (Wildman–Crippen LogP) is 2.02. The SMILES string of the molecule is CCNC(=NCc1cccc(Cn2cccn2)c1)NCCCOC. The molecule has 1 aromatic heterocycles. The second kappa shape index (κ2) is 10.4. The summed E-state index contributed by atoms with van der Waals surface area (Å²) in [7, 11) is 1.72. The number of nitrogens with zero attached hydrogens (tertiary/aromatic N) is 3. The van der Waals surface area contributed by atoms with Gasteiger partial charge in [-0.1, -0.05) is 24.3 Å². The molecule has 0 spiro atoms. The summed E-state index contributed by atoms with van der Waals surface area (Å²) in [5.74, 6) is 0.839. The fourth-order valence-electron chi connectivity index (χ4n) is 2.34. The minimum Gasteiger partial charge on any atom is -0.385 e. The van der Waals surface area contributed by atoms with Gasteiger partial charge in [0, 0.05) is 39.2 Å². The Balaban J connectivity index is 1.92. The molecule has 0 fully saturated rings. The molecule has 0 aliphatic carbocycles. The average molecular weight is 329 g/mol. The highest BCUT2D eigenvalue weighted by atomic mass is 16.5. The largest absolute Gasteiger partial charge is 0.385 e. The fourth-order valence-corrected chi connectivity index (χ4v) is 2.34. The van der Waals surface area contributed by atoms with Crippen LogP contribution in [0.3, 0.4) is 0 Å². The highest BCUT2D eigenvalue weighted by Gasteiger charge is 2.00. The van der Waals surface area contributed by atoms with Gasteiger partial charge in [-0.05, 0) is 30.5 Å². The molecule has 130 valence electrons. The van der Waals surface area contributed by atoms with Gasteiger partial charge in [-0.15, -0.1) is 0 Å². The molecule has 1 aromatic carbocycles. The van der Waals surface area contributed by atoms with Crippen molar-refractivity contribution >= 4 is 5.96 Å². The van der Waals surface area contributed by atoms with Crippen LogP contribution in [0.1, 0.15) is 24.5 Å². The maximum absolute atomic E-state index is 5.06. The molecule has 0 saturated heterocycles. The normalized spacial score (nSPS) is 11.5. The molecule has 0 amide bonds. The van der Waals surface area contributed by atoms with Crippen molar-refractivity contribution in [2.45, 2.75) is 26.4 Å². The lowest BCUT2D eigenvalue weighted by molar-refractivity contribution is 0.195. The van der Waals surface area contributed by atoms with E-state index in [-0.39, 0.29) is 0 Å². The minimum atomic E-state index is 0.645. The number of aromatic nitrogens is 2. The van der Waals surface area contributed by atoms with Crippen LogP contribution in [-0.4, -0.2) is 42.5 Å². The minimum absolute atomic E-state index is 0.645. The zero-order valence-electron chi connectivity index (χ0n) is 14.5. The zero-order chi connectivity index (χ0) is 17.0.